The summed E-state index contributed by atoms with van der Waals surface area (Å²) in [7, 11) is 0. The van der Waals surface area contributed by atoms with Gasteiger partial charge >= 0.3 is 6.03 Å². The highest BCUT2D eigenvalue weighted by Gasteiger charge is 2.37. The third-order valence-corrected chi connectivity index (χ3v) is 6.02. The summed E-state index contributed by atoms with van der Waals surface area (Å²) in [6.07, 6.45) is 0. The number of rotatable bonds is 4. The first-order valence-electron chi connectivity index (χ1n) is 11.0. The van der Waals surface area contributed by atoms with Gasteiger partial charge in [-0.25, -0.2) is 13.6 Å². The van der Waals surface area contributed by atoms with Crippen LogP contribution in [-0.2, 0) is 0 Å². The number of allylic oxidation sites excluding steroid dienone is 1. The maximum absolute atomic E-state index is 14.1. The van der Waals surface area contributed by atoms with Crippen LogP contribution in [-0.4, -0.2) is 23.0 Å². The van der Waals surface area contributed by atoms with Crippen LogP contribution in [0.15, 0.2) is 77.0 Å². The molecular weight excluding hydrogens is 470 g/mol. The fourth-order valence-electron chi connectivity index (χ4n) is 4.37. The van der Waals surface area contributed by atoms with Crippen molar-refractivity contribution >= 4 is 17.3 Å². The molecule has 1 atom stereocenters. The van der Waals surface area contributed by atoms with Crippen molar-refractivity contribution in [3.8, 4) is 22.9 Å². The standard InChI is InChI=1S/C26H18F2N4O4/c1-14-22(25-30-24(31-36-25)16-8-9-20-21(11-16)35-13-34-20)23(15-4-2-5-17(27)10-15)29-26(33)32(14)19-7-3-6-18(28)12-19/h2-12,23H,13H2,1H3,(H,29,33). The fraction of sp³-hybridized carbons (Fsp3) is 0.115. The van der Waals surface area contributed by atoms with Crippen molar-refractivity contribution in [2.75, 3.05) is 11.7 Å². The Hall–Kier alpha value is -4.73. The van der Waals surface area contributed by atoms with Gasteiger partial charge in [-0.1, -0.05) is 23.4 Å². The Bertz CT molecular complexity index is 1530. The van der Waals surface area contributed by atoms with Crippen molar-refractivity contribution in [2.24, 2.45) is 0 Å². The minimum atomic E-state index is -0.789. The molecule has 1 aromatic heterocycles. The van der Waals surface area contributed by atoms with E-state index in [-0.39, 0.29) is 18.5 Å². The molecule has 0 bridgehead atoms. The number of halogens is 2. The summed E-state index contributed by atoms with van der Waals surface area (Å²) in [4.78, 5) is 19.1. The summed E-state index contributed by atoms with van der Waals surface area (Å²) in [5, 5.41) is 6.98. The lowest BCUT2D eigenvalue weighted by Gasteiger charge is -2.35. The second kappa shape index (κ2) is 8.49. The molecule has 2 aliphatic rings. The van der Waals surface area contributed by atoms with Crippen molar-refractivity contribution in [3.05, 3.63) is 95.5 Å². The van der Waals surface area contributed by atoms with E-state index in [2.05, 4.69) is 15.5 Å². The molecule has 0 saturated heterocycles. The van der Waals surface area contributed by atoms with Crippen molar-refractivity contribution in [3.63, 3.8) is 0 Å². The van der Waals surface area contributed by atoms with E-state index in [1.165, 1.54) is 35.2 Å². The van der Waals surface area contributed by atoms with Gasteiger partial charge in [0.05, 0.1) is 17.3 Å². The SMILES string of the molecule is CC1=C(c2nc(-c3ccc4c(c3)OCO4)no2)C(c2cccc(F)c2)NC(=O)N1c1cccc(F)c1. The zero-order valence-electron chi connectivity index (χ0n) is 18.9. The molecule has 36 heavy (non-hydrogen) atoms. The number of nitrogens with one attached hydrogen (secondary N) is 1. The van der Waals surface area contributed by atoms with Gasteiger partial charge in [0.1, 0.15) is 11.6 Å². The van der Waals surface area contributed by atoms with E-state index in [4.69, 9.17) is 14.0 Å². The second-order valence-electron chi connectivity index (χ2n) is 8.24. The van der Waals surface area contributed by atoms with Gasteiger partial charge in [0.2, 0.25) is 12.6 Å². The van der Waals surface area contributed by atoms with Crippen molar-refractivity contribution in [2.45, 2.75) is 13.0 Å². The molecule has 2 amide bonds. The van der Waals surface area contributed by atoms with E-state index in [0.29, 0.717) is 39.6 Å². The van der Waals surface area contributed by atoms with Crippen LogP contribution in [0.2, 0.25) is 0 Å². The number of amides is 2. The van der Waals surface area contributed by atoms with E-state index in [1.807, 2.05) is 0 Å². The van der Waals surface area contributed by atoms with Crippen molar-refractivity contribution < 1.29 is 27.6 Å². The predicted octanol–water partition coefficient (Wildman–Crippen LogP) is 5.45. The van der Waals surface area contributed by atoms with Crippen LogP contribution < -0.4 is 19.7 Å². The van der Waals surface area contributed by atoms with E-state index in [1.54, 1.807) is 43.3 Å². The first kappa shape index (κ1) is 21.8. The molecular formula is C26H18F2N4O4. The lowest BCUT2D eigenvalue weighted by molar-refractivity contribution is 0.174. The number of fused-ring (bicyclic) bond motifs is 1. The molecule has 3 aromatic carbocycles. The van der Waals surface area contributed by atoms with E-state index in [9.17, 15) is 13.6 Å². The largest absolute Gasteiger partial charge is 0.454 e. The van der Waals surface area contributed by atoms with Gasteiger partial charge in [-0.3, -0.25) is 4.90 Å². The molecule has 0 spiro atoms. The Morgan fingerprint density at radius 3 is 2.56 bits per heavy atom. The van der Waals surface area contributed by atoms with Crippen LogP contribution in [0, 0.1) is 11.6 Å². The van der Waals surface area contributed by atoms with Crippen LogP contribution in [0.1, 0.15) is 24.4 Å². The molecule has 0 aliphatic carbocycles. The molecule has 1 N–H and O–H groups in total. The molecule has 0 saturated carbocycles. The molecule has 8 nitrogen and oxygen atoms in total. The van der Waals surface area contributed by atoms with Gasteiger partial charge < -0.3 is 19.3 Å². The van der Waals surface area contributed by atoms with Gasteiger partial charge in [0.25, 0.3) is 5.89 Å². The Morgan fingerprint density at radius 1 is 0.972 bits per heavy atom. The average Bonchev–Trinajstić information content (AvgIpc) is 3.53. The topological polar surface area (TPSA) is 89.7 Å². The summed E-state index contributed by atoms with van der Waals surface area (Å²) in [5.41, 5.74) is 2.32. The van der Waals surface area contributed by atoms with Gasteiger partial charge in [-0.2, -0.15) is 4.98 Å². The molecule has 4 aromatic rings. The second-order valence-corrected chi connectivity index (χ2v) is 8.24. The molecule has 0 radical (unpaired) electrons. The zero-order chi connectivity index (χ0) is 24.8. The molecule has 6 rings (SSSR count). The number of carbonyl (C=O) groups excluding carboxylic acids is 1. The normalized spacial score (nSPS) is 16.9. The van der Waals surface area contributed by atoms with E-state index >= 15 is 0 Å². The Labute approximate surface area is 203 Å². The monoisotopic (exact) mass is 488 g/mol. The number of urea groups is 1. The summed E-state index contributed by atoms with van der Waals surface area (Å²) < 4.78 is 44.5. The van der Waals surface area contributed by atoms with Gasteiger partial charge in [0, 0.05) is 11.3 Å². The van der Waals surface area contributed by atoms with E-state index in [0.717, 1.165) is 0 Å². The molecule has 0 fully saturated rings. The van der Waals surface area contributed by atoms with Crippen molar-refractivity contribution in [1.82, 2.24) is 15.5 Å². The zero-order valence-corrected chi connectivity index (χ0v) is 18.9. The minimum Gasteiger partial charge on any atom is -0.454 e. The number of anilines is 1. The summed E-state index contributed by atoms with van der Waals surface area (Å²) >= 11 is 0. The number of carbonyl (C=O) groups is 1. The molecule has 180 valence electrons. The molecule has 1 unspecified atom stereocenters. The quantitative estimate of drug-likeness (QED) is 0.411. The van der Waals surface area contributed by atoms with Crippen LogP contribution >= 0.6 is 0 Å². The Morgan fingerprint density at radius 2 is 1.75 bits per heavy atom. The number of aromatic nitrogens is 2. The predicted molar refractivity (Wildman–Crippen MR) is 125 cm³/mol. The fourth-order valence-corrected chi connectivity index (χ4v) is 4.37. The highest BCUT2D eigenvalue weighted by atomic mass is 19.1. The minimum absolute atomic E-state index is 0.121. The summed E-state index contributed by atoms with van der Waals surface area (Å²) in [5.74, 6) is 0.635. The third-order valence-electron chi connectivity index (χ3n) is 6.02. The highest BCUT2D eigenvalue weighted by molar-refractivity contribution is 6.01. The smallest absolute Gasteiger partial charge is 0.327 e. The van der Waals surface area contributed by atoms with Crippen molar-refractivity contribution in [1.29, 1.82) is 0 Å². The van der Waals surface area contributed by atoms with E-state index < -0.39 is 23.7 Å². The van der Waals surface area contributed by atoms with Crippen LogP contribution in [0.5, 0.6) is 11.5 Å². The van der Waals surface area contributed by atoms with Gasteiger partial charge in [0.15, 0.2) is 11.5 Å². The third kappa shape index (κ3) is 3.72. The highest BCUT2D eigenvalue weighted by Crippen LogP contribution is 2.40. The Kier molecular flexibility index (Phi) is 5.14. The molecule has 3 heterocycles. The lowest BCUT2D eigenvalue weighted by atomic mass is 9.94. The average molecular weight is 488 g/mol. The van der Waals surface area contributed by atoms with Gasteiger partial charge in [-0.15, -0.1) is 0 Å². The summed E-state index contributed by atoms with van der Waals surface area (Å²) in [6, 6.07) is 15.5. The maximum atomic E-state index is 14.1. The molecule has 10 heteroatoms. The lowest BCUT2D eigenvalue weighted by Crippen LogP contribution is -2.46. The van der Waals surface area contributed by atoms with Crippen LogP contribution in [0.3, 0.4) is 0 Å². The number of hydrogen-bond donors (Lipinski definition) is 1. The van der Waals surface area contributed by atoms with Gasteiger partial charge in [-0.05, 0) is 61.0 Å². The Balaban J connectivity index is 1.48. The number of nitrogens with zero attached hydrogens (tertiary/aromatic N) is 3. The first-order chi connectivity index (χ1) is 17.5. The number of hydrogen-bond acceptors (Lipinski definition) is 6. The van der Waals surface area contributed by atoms with Crippen LogP contribution in [0.4, 0.5) is 19.3 Å². The number of ether oxygens (including phenoxy) is 2. The number of benzene rings is 3. The van der Waals surface area contributed by atoms with Crippen LogP contribution in [0.25, 0.3) is 17.0 Å². The first-order valence-corrected chi connectivity index (χ1v) is 11.0. The molecule has 2 aliphatic heterocycles. The summed E-state index contributed by atoms with van der Waals surface area (Å²) in [6.45, 7) is 1.82. The maximum Gasteiger partial charge on any atom is 0.327 e.